The number of carbonyl (C=O) groups excluding carboxylic acids is 1. The number of aromatic nitrogens is 4. The summed E-state index contributed by atoms with van der Waals surface area (Å²) in [5.74, 6) is -3.94. The van der Waals surface area contributed by atoms with Crippen LogP contribution in [0.5, 0.6) is 0 Å². The van der Waals surface area contributed by atoms with Crippen molar-refractivity contribution >= 4 is 56.2 Å². The summed E-state index contributed by atoms with van der Waals surface area (Å²) in [5, 5.41) is 32.2. The largest absolute Gasteiger partial charge is 0.490 e. The molecular weight excluding hydrogens is 562 g/mol. The highest BCUT2D eigenvalue weighted by molar-refractivity contribution is 9.10. The number of alkyl halides is 3. The number of rotatable bonds is 4. The molecule has 4 rings (SSSR count). The zero-order valence-corrected chi connectivity index (χ0v) is 18.9. The SMILES string of the molecule is O=C(Nc1nonc1/C(=N\O)Nc1ccc(F)c(Br)c1)c1ccc2[nH]cnc2c1.O=C(O)C(F)(F)F. The summed E-state index contributed by atoms with van der Waals surface area (Å²) in [6.07, 6.45) is -3.56. The lowest BCUT2D eigenvalue weighted by Gasteiger charge is -2.08. The number of carboxylic acids is 1. The fraction of sp³-hybridized carbons (Fsp3) is 0.0526. The van der Waals surface area contributed by atoms with E-state index in [1.807, 2.05) is 0 Å². The number of amidine groups is 1. The van der Waals surface area contributed by atoms with Gasteiger partial charge in [0.2, 0.25) is 11.7 Å². The zero-order valence-electron chi connectivity index (χ0n) is 17.3. The summed E-state index contributed by atoms with van der Waals surface area (Å²) in [5.41, 5.74) is 2.08. The predicted octanol–water partition coefficient (Wildman–Crippen LogP) is 3.98. The van der Waals surface area contributed by atoms with Crippen molar-refractivity contribution in [3.8, 4) is 0 Å². The molecule has 0 aliphatic heterocycles. The Balaban J connectivity index is 0.000000454. The molecule has 5 N–H and O–H groups in total. The molecule has 0 atom stereocenters. The second-order valence-electron chi connectivity index (χ2n) is 6.56. The first-order valence-electron chi connectivity index (χ1n) is 9.31. The first-order chi connectivity index (χ1) is 17.0. The van der Waals surface area contributed by atoms with E-state index >= 15 is 0 Å². The number of halogens is 5. The standard InChI is InChI=1S/C17H11BrFN7O3.C2HF3O2/c18-10-6-9(2-3-11(10)19)22-15(24-28)14-16(26-29-25-14)23-17(27)8-1-4-12-13(5-8)21-7-20-12;3-2(4,5)1(6)7/h1-7,28H,(H,20,21)(H,22,24)(H,23,26,27);(H,6,7). The Bertz CT molecular complexity index is 1440. The molecule has 0 aliphatic carbocycles. The maximum Gasteiger partial charge on any atom is 0.490 e. The average molecular weight is 574 g/mol. The number of carboxylic acid groups (broad SMARTS) is 1. The van der Waals surface area contributed by atoms with Crippen LogP contribution in [0.1, 0.15) is 16.1 Å². The van der Waals surface area contributed by atoms with Crippen molar-refractivity contribution in [2.45, 2.75) is 6.18 Å². The van der Waals surface area contributed by atoms with E-state index in [2.05, 4.69) is 56.6 Å². The van der Waals surface area contributed by atoms with Gasteiger partial charge in [-0.15, -0.1) is 0 Å². The van der Waals surface area contributed by atoms with Crippen LogP contribution in [0, 0.1) is 5.82 Å². The molecule has 0 fully saturated rings. The lowest BCUT2D eigenvalue weighted by atomic mass is 10.2. The predicted molar refractivity (Wildman–Crippen MR) is 118 cm³/mol. The normalized spacial score (nSPS) is 11.5. The monoisotopic (exact) mass is 573 g/mol. The minimum Gasteiger partial charge on any atom is -0.475 e. The Labute approximate surface area is 205 Å². The quantitative estimate of drug-likeness (QED) is 0.0793. The van der Waals surface area contributed by atoms with Crippen LogP contribution in [0.4, 0.5) is 29.1 Å². The number of fused-ring (bicyclic) bond motifs is 1. The number of benzene rings is 2. The van der Waals surface area contributed by atoms with Gasteiger partial charge in [-0.3, -0.25) is 4.79 Å². The van der Waals surface area contributed by atoms with Crippen molar-refractivity contribution in [3.63, 3.8) is 0 Å². The highest BCUT2D eigenvalue weighted by atomic mass is 79.9. The lowest BCUT2D eigenvalue weighted by Crippen LogP contribution is -2.21. The highest BCUT2D eigenvalue weighted by Crippen LogP contribution is 2.22. The highest BCUT2D eigenvalue weighted by Gasteiger charge is 2.38. The molecule has 0 saturated carbocycles. The van der Waals surface area contributed by atoms with E-state index in [4.69, 9.17) is 9.90 Å². The van der Waals surface area contributed by atoms with Crippen molar-refractivity contribution in [1.82, 2.24) is 20.3 Å². The van der Waals surface area contributed by atoms with Crippen LogP contribution in [0.25, 0.3) is 11.0 Å². The van der Waals surface area contributed by atoms with Crippen molar-refractivity contribution in [2.24, 2.45) is 5.16 Å². The molecule has 0 bridgehead atoms. The summed E-state index contributed by atoms with van der Waals surface area (Å²) in [6.45, 7) is 0. The minimum absolute atomic E-state index is 0.0536. The number of aliphatic carboxylic acids is 1. The number of H-pyrrole nitrogens is 1. The Hall–Kier alpha value is -4.54. The number of carbonyl (C=O) groups is 2. The van der Waals surface area contributed by atoms with Gasteiger partial charge in [-0.1, -0.05) is 5.16 Å². The summed E-state index contributed by atoms with van der Waals surface area (Å²) in [7, 11) is 0. The first kappa shape index (κ1) is 26.1. The average Bonchev–Trinajstić information content (AvgIpc) is 3.48. The molecule has 1 amide bonds. The molecule has 0 unspecified atom stereocenters. The summed E-state index contributed by atoms with van der Waals surface area (Å²) in [4.78, 5) is 28.5. The molecule has 0 spiro atoms. The summed E-state index contributed by atoms with van der Waals surface area (Å²) < 4.78 is 50.0. The van der Waals surface area contributed by atoms with Crippen molar-refractivity contribution in [3.05, 3.63) is 64.3 Å². The van der Waals surface area contributed by atoms with Gasteiger partial charge in [-0.25, -0.2) is 18.8 Å². The molecule has 2 heterocycles. The molecule has 2 aromatic heterocycles. The van der Waals surface area contributed by atoms with Crippen LogP contribution in [0.3, 0.4) is 0 Å². The number of oxime groups is 1. The number of anilines is 2. The van der Waals surface area contributed by atoms with E-state index < -0.39 is 23.9 Å². The molecule has 0 aliphatic rings. The van der Waals surface area contributed by atoms with E-state index in [0.717, 1.165) is 5.52 Å². The Morgan fingerprint density at radius 1 is 1.11 bits per heavy atom. The van der Waals surface area contributed by atoms with Gasteiger partial charge in [0.05, 0.1) is 21.8 Å². The van der Waals surface area contributed by atoms with Gasteiger partial charge >= 0.3 is 12.1 Å². The van der Waals surface area contributed by atoms with Gasteiger partial charge < -0.3 is 25.9 Å². The summed E-state index contributed by atoms with van der Waals surface area (Å²) >= 11 is 3.07. The van der Waals surface area contributed by atoms with Gasteiger partial charge in [-0.05, 0) is 62.6 Å². The number of amides is 1. The number of aromatic amines is 1. The van der Waals surface area contributed by atoms with Crippen LogP contribution in [-0.4, -0.2) is 54.5 Å². The molecule has 36 heavy (non-hydrogen) atoms. The van der Waals surface area contributed by atoms with Crippen molar-refractivity contribution < 1.29 is 42.1 Å². The Kier molecular flexibility index (Phi) is 7.83. The van der Waals surface area contributed by atoms with E-state index in [1.54, 1.807) is 18.2 Å². The zero-order chi connectivity index (χ0) is 26.5. The van der Waals surface area contributed by atoms with E-state index in [0.29, 0.717) is 16.8 Å². The van der Waals surface area contributed by atoms with Crippen LogP contribution >= 0.6 is 15.9 Å². The number of hydrogen-bond donors (Lipinski definition) is 5. The number of imidazole rings is 1. The van der Waals surface area contributed by atoms with Crippen molar-refractivity contribution in [2.75, 3.05) is 10.6 Å². The van der Waals surface area contributed by atoms with Gasteiger partial charge in [0.1, 0.15) is 5.82 Å². The molecule has 2 aromatic carbocycles. The fourth-order valence-electron chi connectivity index (χ4n) is 2.52. The third-order valence-electron chi connectivity index (χ3n) is 4.15. The number of hydrogen-bond acceptors (Lipinski definition) is 8. The van der Waals surface area contributed by atoms with Crippen LogP contribution < -0.4 is 10.6 Å². The topological polar surface area (TPSA) is 179 Å². The Morgan fingerprint density at radius 2 is 1.83 bits per heavy atom. The number of nitrogens with one attached hydrogen (secondary N) is 3. The fourth-order valence-corrected chi connectivity index (χ4v) is 2.90. The second kappa shape index (κ2) is 10.8. The summed E-state index contributed by atoms with van der Waals surface area (Å²) in [6, 6.07) is 9.01. The smallest absolute Gasteiger partial charge is 0.475 e. The van der Waals surface area contributed by atoms with Crippen LogP contribution in [-0.2, 0) is 4.79 Å². The Morgan fingerprint density at radius 3 is 2.47 bits per heavy atom. The minimum atomic E-state index is -5.08. The maximum absolute atomic E-state index is 13.4. The number of nitrogens with zero attached hydrogens (tertiary/aromatic N) is 4. The van der Waals surface area contributed by atoms with E-state index in [-0.39, 0.29) is 21.8 Å². The molecule has 0 saturated heterocycles. The van der Waals surface area contributed by atoms with E-state index in [1.165, 1.54) is 24.5 Å². The van der Waals surface area contributed by atoms with Crippen molar-refractivity contribution in [1.29, 1.82) is 0 Å². The van der Waals surface area contributed by atoms with Gasteiger partial charge in [-0.2, -0.15) is 13.2 Å². The van der Waals surface area contributed by atoms with E-state index in [9.17, 15) is 27.6 Å². The van der Waals surface area contributed by atoms with Gasteiger partial charge in [0.25, 0.3) is 5.91 Å². The molecular formula is C19H12BrF4N7O5. The van der Waals surface area contributed by atoms with Crippen LogP contribution in [0.2, 0.25) is 0 Å². The third kappa shape index (κ3) is 6.32. The lowest BCUT2D eigenvalue weighted by molar-refractivity contribution is -0.192. The third-order valence-corrected chi connectivity index (χ3v) is 4.76. The van der Waals surface area contributed by atoms with Gasteiger partial charge in [0.15, 0.2) is 5.69 Å². The molecule has 188 valence electrons. The molecule has 12 nitrogen and oxygen atoms in total. The molecule has 17 heteroatoms. The molecule has 0 radical (unpaired) electrons. The maximum atomic E-state index is 13.4. The second-order valence-corrected chi connectivity index (χ2v) is 7.41. The van der Waals surface area contributed by atoms with Crippen LogP contribution in [0.15, 0.2) is 57.0 Å². The van der Waals surface area contributed by atoms with Gasteiger partial charge in [0, 0.05) is 11.3 Å². The first-order valence-corrected chi connectivity index (χ1v) is 10.1. The molecule has 4 aromatic rings.